The Bertz CT molecular complexity index is 502. The fourth-order valence-electron chi connectivity index (χ4n) is 2.63. The van der Waals surface area contributed by atoms with E-state index in [9.17, 15) is 4.79 Å². The van der Waals surface area contributed by atoms with Crippen molar-refractivity contribution in [2.45, 2.75) is 33.6 Å². The van der Waals surface area contributed by atoms with Crippen molar-refractivity contribution in [3.63, 3.8) is 0 Å². The normalized spacial score (nSPS) is 17.9. The number of nitrogens with one attached hydrogen (secondary N) is 1. The van der Waals surface area contributed by atoms with E-state index in [1.165, 1.54) is 0 Å². The first-order valence-electron chi connectivity index (χ1n) is 7.11. The number of piperidine rings is 1. The van der Waals surface area contributed by atoms with Gasteiger partial charge in [-0.2, -0.15) is 0 Å². The highest BCUT2D eigenvalue weighted by Gasteiger charge is 2.29. The molecule has 1 aromatic rings. The third-order valence-corrected chi connectivity index (χ3v) is 3.91. The first kappa shape index (κ1) is 15.1. The van der Waals surface area contributed by atoms with Gasteiger partial charge in [0.2, 0.25) is 0 Å². The van der Waals surface area contributed by atoms with Crippen LogP contribution in [0.3, 0.4) is 0 Å². The molecule has 4 nitrogen and oxygen atoms in total. The van der Waals surface area contributed by atoms with Crippen LogP contribution in [0.25, 0.3) is 0 Å². The van der Waals surface area contributed by atoms with E-state index < -0.39 is 0 Å². The number of amides is 1. The van der Waals surface area contributed by atoms with Gasteiger partial charge in [0.1, 0.15) is 5.82 Å². The Morgan fingerprint density at radius 3 is 2.90 bits per heavy atom. The van der Waals surface area contributed by atoms with E-state index in [-0.39, 0.29) is 11.3 Å². The molecular formula is C15H22ClN3O. The van der Waals surface area contributed by atoms with E-state index in [4.69, 9.17) is 11.6 Å². The topological polar surface area (TPSA) is 45.2 Å². The molecule has 1 fully saturated rings. The van der Waals surface area contributed by atoms with Gasteiger partial charge in [0.25, 0.3) is 5.91 Å². The Labute approximate surface area is 125 Å². The average molecular weight is 296 g/mol. The maximum absolute atomic E-state index is 12.5. The molecule has 1 aliphatic heterocycles. The second kappa shape index (κ2) is 6.00. The molecule has 0 aromatic carbocycles. The summed E-state index contributed by atoms with van der Waals surface area (Å²) in [6.45, 7) is 8.73. The van der Waals surface area contributed by atoms with Crippen LogP contribution in [0.1, 0.15) is 44.0 Å². The summed E-state index contributed by atoms with van der Waals surface area (Å²) in [7, 11) is 0. The van der Waals surface area contributed by atoms with Gasteiger partial charge in [0.15, 0.2) is 0 Å². The first-order valence-corrected chi connectivity index (χ1v) is 7.49. The Kier molecular flexibility index (Phi) is 4.53. The van der Waals surface area contributed by atoms with Gasteiger partial charge < -0.3 is 10.2 Å². The van der Waals surface area contributed by atoms with Crippen LogP contribution in [0.15, 0.2) is 12.3 Å². The number of carbonyl (C=O) groups is 1. The molecule has 5 heteroatoms. The molecule has 0 bridgehead atoms. The van der Waals surface area contributed by atoms with Gasteiger partial charge >= 0.3 is 0 Å². The molecule has 1 amide bonds. The molecule has 0 saturated carbocycles. The molecule has 0 aliphatic carbocycles. The minimum atomic E-state index is 0.0234. The lowest BCUT2D eigenvalue weighted by atomic mass is 9.84. The van der Waals surface area contributed by atoms with Crippen molar-refractivity contribution in [1.29, 1.82) is 0 Å². The molecule has 2 heterocycles. The largest absolute Gasteiger partial charge is 0.369 e. The summed E-state index contributed by atoms with van der Waals surface area (Å²) < 4.78 is 0. The number of halogens is 1. The van der Waals surface area contributed by atoms with Gasteiger partial charge in [0.05, 0.1) is 10.6 Å². The van der Waals surface area contributed by atoms with Crippen LogP contribution in [0.5, 0.6) is 0 Å². The Hall–Kier alpha value is -1.29. The van der Waals surface area contributed by atoms with Crippen molar-refractivity contribution in [2.75, 3.05) is 25.0 Å². The molecule has 1 aliphatic rings. The van der Waals surface area contributed by atoms with Crippen LogP contribution in [-0.4, -0.2) is 35.4 Å². The van der Waals surface area contributed by atoms with Gasteiger partial charge in [-0.05, 0) is 31.2 Å². The van der Waals surface area contributed by atoms with Crippen LogP contribution in [0.4, 0.5) is 5.82 Å². The van der Waals surface area contributed by atoms with Crippen LogP contribution < -0.4 is 5.32 Å². The molecule has 2 rings (SSSR count). The van der Waals surface area contributed by atoms with E-state index in [1.54, 1.807) is 12.3 Å². The number of hydrogen-bond donors (Lipinski definition) is 1. The van der Waals surface area contributed by atoms with Gasteiger partial charge in [0, 0.05) is 25.8 Å². The lowest BCUT2D eigenvalue weighted by Gasteiger charge is -2.38. The third kappa shape index (κ3) is 3.42. The second-order valence-electron chi connectivity index (χ2n) is 6.08. The number of pyridine rings is 1. The van der Waals surface area contributed by atoms with E-state index in [1.807, 2.05) is 11.8 Å². The standard InChI is InChI=1S/C15H22ClN3O/c1-4-17-13-12(16)8-11(9-18-13)14(20)19-7-5-6-15(2,3)10-19/h8-9H,4-7,10H2,1-3H3,(H,17,18). The zero-order valence-corrected chi connectivity index (χ0v) is 13.1. The van der Waals surface area contributed by atoms with Crippen molar-refractivity contribution < 1.29 is 4.79 Å². The fourth-order valence-corrected chi connectivity index (χ4v) is 2.86. The number of hydrogen-bond acceptors (Lipinski definition) is 3. The van der Waals surface area contributed by atoms with Crippen LogP contribution in [0.2, 0.25) is 5.02 Å². The monoisotopic (exact) mass is 295 g/mol. The number of anilines is 1. The minimum Gasteiger partial charge on any atom is -0.369 e. The maximum atomic E-state index is 12.5. The molecule has 1 saturated heterocycles. The molecule has 0 spiro atoms. The van der Waals surface area contributed by atoms with E-state index in [2.05, 4.69) is 24.1 Å². The molecule has 20 heavy (non-hydrogen) atoms. The summed E-state index contributed by atoms with van der Waals surface area (Å²) in [5.74, 6) is 0.653. The summed E-state index contributed by atoms with van der Waals surface area (Å²) in [4.78, 5) is 18.7. The van der Waals surface area contributed by atoms with Gasteiger partial charge in [-0.15, -0.1) is 0 Å². The van der Waals surface area contributed by atoms with Gasteiger partial charge in [-0.1, -0.05) is 25.4 Å². The fraction of sp³-hybridized carbons (Fsp3) is 0.600. The molecule has 0 unspecified atom stereocenters. The van der Waals surface area contributed by atoms with Gasteiger partial charge in [-0.25, -0.2) is 4.98 Å². The van der Waals surface area contributed by atoms with Crippen molar-refractivity contribution >= 4 is 23.3 Å². The highest BCUT2D eigenvalue weighted by atomic mass is 35.5. The van der Waals surface area contributed by atoms with Gasteiger partial charge in [-0.3, -0.25) is 4.79 Å². The summed E-state index contributed by atoms with van der Waals surface area (Å²) in [6, 6.07) is 1.70. The first-order chi connectivity index (χ1) is 9.43. The van der Waals surface area contributed by atoms with Crippen LogP contribution in [0, 0.1) is 5.41 Å². The van der Waals surface area contributed by atoms with Crippen molar-refractivity contribution in [1.82, 2.24) is 9.88 Å². The zero-order valence-electron chi connectivity index (χ0n) is 12.4. The molecular weight excluding hydrogens is 274 g/mol. The van der Waals surface area contributed by atoms with Crippen LogP contribution >= 0.6 is 11.6 Å². The molecule has 0 radical (unpaired) electrons. The predicted molar refractivity (Wildman–Crippen MR) is 82.3 cm³/mol. The Morgan fingerprint density at radius 1 is 1.55 bits per heavy atom. The van der Waals surface area contributed by atoms with Crippen molar-refractivity contribution in [3.8, 4) is 0 Å². The van der Waals surface area contributed by atoms with E-state index in [0.29, 0.717) is 16.4 Å². The second-order valence-corrected chi connectivity index (χ2v) is 6.49. The average Bonchev–Trinajstić information content (AvgIpc) is 2.39. The minimum absolute atomic E-state index is 0.0234. The SMILES string of the molecule is CCNc1ncc(C(=O)N2CCCC(C)(C)C2)cc1Cl. The number of aromatic nitrogens is 1. The molecule has 1 N–H and O–H groups in total. The Balaban J connectivity index is 2.15. The number of likely N-dealkylation sites (tertiary alicyclic amines) is 1. The summed E-state index contributed by atoms with van der Waals surface area (Å²) in [5, 5.41) is 3.56. The summed E-state index contributed by atoms with van der Waals surface area (Å²) >= 11 is 6.15. The quantitative estimate of drug-likeness (QED) is 0.929. The van der Waals surface area contributed by atoms with Crippen LogP contribution in [-0.2, 0) is 0 Å². The summed E-state index contributed by atoms with van der Waals surface area (Å²) in [6.07, 6.45) is 3.82. The lowest BCUT2D eigenvalue weighted by Crippen LogP contribution is -2.43. The smallest absolute Gasteiger partial charge is 0.255 e. The third-order valence-electron chi connectivity index (χ3n) is 3.62. The molecule has 110 valence electrons. The number of rotatable bonds is 3. The maximum Gasteiger partial charge on any atom is 0.255 e. The van der Waals surface area contributed by atoms with Crippen molar-refractivity contribution in [3.05, 3.63) is 22.8 Å². The molecule has 0 atom stereocenters. The highest BCUT2D eigenvalue weighted by molar-refractivity contribution is 6.33. The lowest BCUT2D eigenvalue weighted by molar-refractivity contribution is 0.0583. The number of nitrogens with zero attached hydrogens (tertiary/aromatic N) is 2. The molecule has 1 aromatic heterocycles. The highest BCUT2D eigenvalue weighted by Crippen LogP contribution is 2.29. The van der Waals surface area contributed by atoms with E-state index in [0.717, 1.165) is 32.5 Å². The van der Waals surface area contributed by atoms with E-state index >= 15 is 0 Å². The number of carbonyl (C=O) groups excluding carboxylic acids is 1. The zero-order chi connectivity index (χ0) is 14.8. The van der Waals surface area contributed by atoms with Crippen molar-refractivity contribution in [2.24, 2.45) is 5.41 Å². The Morgan fingerprint density at radius 2 is 2.30 bits per heavy atom. The summed E-state index contributed by atoms with van der Waals surface area (Å²) in [5.41, 5.74) is 0.754. The predicted octanol–water partition coefficient (Wildman–Crippen LogP) is 3.43.